The lowest BCUT2D eigenvalue weighted by atomic mass is 10.1. The Morgan fingerprint density at radius 2 is 1.25 bits per heavy atom. The third-order valence-electron chi connectivity index (χ3n) is 2.05. The minimum Gasteiger partial charge on any atom is -0.480 e. The smallest absolute Gasteiger partial charge is 0.320 e. The molecule has 0 aromatic carbocycles. The van der Waals surface area contributed by atoms with Gasteiger partial charge in [-0.3, -0.25) is 9.59 Å². The predicted octanol–water partition coefficient (Wildman–Crippen LogP) is -0.491. The summed E-state index contributed by atoms with van der Waals surface area (Å²) in [4.78, 5) is 20.3. The largest absolute Gasteiger partial charge is 0.480 e. The first-order valence-corrected chi connectivity index (χ1v) is 5.14. The van der Waals surface area contributed by atoms with E-state index in [1.165, 1.54) is 0 Å². The number of carbonyl (C=O) groups excluding carboxylic acids is 1. The van der Waals surface area contributed by atoms with Crippen molar-refractivity contribution in [3.05, 3.63) is 0 Å². The van der Waals surface area contributed by atoms with Crippen LogP contribution in [-0.2, 0) is 9.59 Å². The van der Waals surface area contributed by atoms with E-state index in [0.717, 1.165) is 0 Å². The molecule has 0 heterocycles. The molecule has 0 radical (unpaired) electrons. The highest BCUT2D eigenvalue weighted by Crippen LogP contribution is 1.96. The van der Waals surface area contributed by atoms with Crippen molar-refractivity contribution < 1.29 is 14.7 Å². The molecule has 0 aromatic heterocycles. The van der Waals surface area contributed by atoms with Gasteiger partial charge in [0.25, 0.3) is 0 Å². The molecule has 7 N–H and O–H groups in total. The molecule has 2 atom stereocenters. The molecule has 0 aliphatic heterocycles. The molecule has 0 unspecified atom stereocenters. The van der Waals surface area contributed by atoms with Crippen LogP contribution >= 0.6 is 0 Å². The van der Waals surface area contributed by atoms with Crippen LogP contribution in [0.15, 0.2) is 0 Å². The molecule has 0 aromatic rings. The minimum absolute atomic E-state index is 0.0208. The SMILES string of the molecule is CC(C)[C@@H](N)C(=O)O.CC(C)[C@@H](N)C(N)=O. The summed E-state index contributed by atoms with van der Waals surface area (Å²) in [7, 11) is 0. The first kappa shape index (κ1) is 17.3. The molecule has 0 saturated carbocycles. The molecule has 16 heavy (non-hydrogen) atoms. The molecule has 0 aliphatic rings. The molecule has 6 nitrogen and oxygen atoms in total. The second-order valence-electron chi connectivity index (χ2n) is 4.28. The van der Waals surface area contributed by atoms with E-state index in [2.05, 4.69) is 0 Å². The molecule has 0 bridgehead atoms. The van der Waals surface area contributed by atoms with Gasteiger partial charge in [-0.2, -0.15) is 0 Å². The van der Waals surface area contributed by atoms with E-state index in [1.54, 1.807) is 13.8 Å². The number of carboxylic acid groups (broad SMARTS) is 1. The summed E-state index contributed by atoms with van der Waals surface area (Å²) in [6.07, 6.45) is 0. The summed E-state index contributed by atoms with van der Waals surface area (Å²) >= 11 is 0. The van der Waals surface area contributed by atoms with Crippen molar-refractivity contribution in [3.63, 3.8) is 0 Å². The maximum absolute atomic E-state index is 10.2. The quantitative estimate of drug-likeness (QED) is 0.520. The highest BCUT2D eigenvalue weighted by atomic mass is 16.4. The van der Waals surface area contributed by atoms with Gasteiger partial charge in [0, 0.05) is 0 Å². The van der Waals surface area contributed by atoms with Gasteiger partial charge in [-0.15, -0.1) is 0 Å². The molecule has 0 fully saturated rings. The van der Waals surface area contributed by atoms with Crippen LogP contribution in [0.5, 0.6) is 0 Å². The zero-order valence-electron chi connectivity index (χ0n) is 10.3. The number of aliphatic carboxylic acids is 1. The van der Waals surface area contributed by atoms with Gasteiger partial charge in [0.15, 0.2) is 0 Å². The van der Waals surface area contributed by atoms with Gasteiger partial charge in [-0.1, -0.05) is 27.7 Å². The van der Waals surface area contributed by atoms with Crippen LogP contribution in [0, 0.1) is 11.8 Å². The van der Waals surface area contributed by atoms with Gasteiger partial charge < -0.3 is 22.3 Å². The molecule has 96 valence electrons. The molecule has 0 spiro atoms. The number of rotatable bonds is 4. The van der Waals surface area contributed by atoms with E-state index in [-0.39, 0.29) is 11.8 Å². The molecule has 6 heteroatoms. The number of amides is 1. The van der Waals surface area contributed by atoms with E-state index >= 15 is 0 Å². The Labute approximate surface area is 96.2 Å². The topological polar surface area (TPSA) is 132 Å². The number of primary amides is 1. The Hall–Kier alpha value is -1.14. The number of hydrogen-bond acceptors (Lipinski definition) is 4. The average Bonchev–Trinajstić information content (AvgIpc) is 2.15. The standard InChI is InChI=1S/C5H12N2O.C5H11NO2/c2*1-3(2)4(6)5(7)8/h3-4H,6H2,1-2H3,(H2,7,8);3-4H,6H2,1-2H3,(H,7,8)/t2*4-/m11/s1. The fraction of sp³-hybridized carbons (Fsp3) is 0.800. The third kappa shape index (κ3) is 8.19. The Balaban J connectivity index is 0. The lowest BCUT2D eigenvalue weighted by molar-refractivity contribution is -0.139. The number of carbonyl (C=O) groups is 2. The number of carboxylic acids is 1. The summed E-state index contributed by atoms with van der Waals surface area (Å²) in [5.41, 5.74) is 15.3. The lowest BCUT2D eigenvalue weighted by Crippen LogP contribution is -2.40. The average molecular weight is 233 g/mol. The van der Waals surface area contributed by atoms with Crippen molar-refractivity contribution in [2.75, 3.05) is 0 Å². The van der Waals surface area contributed by atoms with E-state index in [0.29, 0.717) is 0 Å². The van der Waals surface area contributed by atoms with Gasteiger partial charge in [-0.05, 0) is 11.8 Å². The lowest BCUT2D eigenvalue weighted by Gasteiger charge is -2.09. The zero-order valence-corrected chi connectivity index (χ0v) is 10.3. The van der Waals surface area contributed by atoms with E-state index < -0.39 is 24.0 Å². The summed E-state index contributed by atoms with van der Waals surface area (Å²) < 4.78 is 0. The van der Waals surface area contributed by atoms with Crippen LogP contribution < -0.4 is 17.2 Å². The maximum atomic E-state index is 10.2. The van der Waals surface area contributed by atoms with Gasteiger partial charge in [0.05, 0.1) is 6.04 Å². The normalized spacial score (nSPS) is 14.0. The summed E-state index contributed by atoms with van der Waals surface area (Å²) in [6.45, 7) is 7.27. The monoisotopic (exact) mass is 233 g/mol. The van der Waals surface area contributed by atoms with Crippen molar-refractivity contribution in [1.82, 2.24) is 0 Å². The Morgan fingerprint density at radius 3 is 1.25 bits per heavy atom. The summed E-state index contributed by atoms with van der Waals surface area (Å²) in [6, 6.07) is -1.20. The first-order chi connectivity index (χ1) is 7.11. The second-order valence-corrected chi connectivity index (χ2v) is 4.28. The minimum atomic E-state index is -0.931. The Bertz CT molecular complexity index is 205. The summed E-state index contributed by atoms with van der Waals surface area (Å²) in [5.74, 6) is -1.19. The molecule has 0 rings (SSSR count). The van der Waals surface area contributed by atoms with Crippen molar-refractivity contribution >= 4 is 11.9 Å². The molecule has 0 aliphatic carbocycles. The Morgan fingerprint density at radius 1 is 0.938 bits per heavy atom. The van der Waals surface area contributed by atoms with Crippen LogP contribution in [0.3, 0.4) is 0 Å². The van der Waals surface area contributed by atoms with Gasteiger partial charge in [-0.25, -0.2) is 0 Å². The highest BCUT2D eigenvalue weighted by Gasteiger charge is 2.14. The number of hydrogen-bond donors (Lipinski definition) is 4. The van der Waals surface area contributed by atoms with Crippen LogP contribution in [-0.4, -0.2) is 29.1 Å². The fourth-order valence-corrected chi connectivity index (χ4v) is 0.614. The maximum Gasteiger partial charge on any atom is 0.320 e. The molecular weight excluding hydrogens is 210 g/mol. The zero-order chi connectivity index (χ0) is 13.5. The van der Waals surface area contributed by atoms with Crippen LogP contribution in [0.2, 0.25) is 0 Å². The summed E-state index contributed by atoms with van der Waals surface area (Å²) in [5, 5.41) is 8.23. The van der Waals surface area contributed by atoms with Crippen molar-refractivity contribution in [1.29, 1.82) is 0 Å². The van der Waals surface area contributed by atoms with Crippen LogP contribution in [0.1, 0.15) is 27.7 Å². The van der Waals surface area contributed by atoms with Gasteiger partial charge in [0.2, 0.25) is 5.91 Å². The van der Waals surface area contributed by atoms with E-state index in [1.807, 2.05) is 13.8 Å². The molecular formula is C10H23N3O3. The first-order valence-electron chi connectivity index (χ1n) is 5.14. The van der Waals surface area contributed by atoms with Crippen molar-refractivity contribution in [2.24, 2.45) is 29.0 Å². The third-order valence-corrected chi connectivity index (χ3v) is 2.05. The van der Waals surface area contributed by atoms with Gasteiger partial charge in [0.1, 0.15) is 6.04 Å². The van der Waals surface area contributed by atoms with Crippen LogP contribution in [0.25, 0.3) is 0 Å². The van der Waals surface area contributed by atoms with Crippen LogP contribution in [0.4, 0.5) is 0 Å². The van der Waals surface area contributed by atoms with E-state index in [4.69, 9.17) is 22.3 Å². The van der Waals surface area contributed by atoms with E-state index in [9.17, 15) is 9.59 Å². The number of nitrogens with two attached hydrogens (primary N) is 3. The fourth-order valence-electron chi connectivity index (χ4n) is 0.614. The van der Waals surface area contributed by atoms with Gasteiger partial charge >= 0.3 is 5.97 Å². The second kappa shape index (κ2) is 8.06. The Kier molecular flexibility index (Phi) is 8.70. The molecule has 1 amide bonds. The predicted molar refractivity (Wildman–Crippen MR) is 62.5 cm³/mol. The highest BCUT2D eigenvalue weighted by molar-refractivity contribution is 5.79. The molecule has 0 saturated heterocycles. The van der Waals surface area contributed by atoms with Crippen molar-refractivity contribution in [3.8, 4) is 0 Å². The van der Waals surface area contributed by atoms with Crippen molar-refractivity contribution in [2.45, 2.75) is 39.8 Å².